The van der Waals surface area contributed by atoms with E-state index in [0.717, 1.165) is 37.4 Å². The van der Waals surface area contributed by atoms with E-state index in [0.29, 0.717) is 22.6 Å². The van der Waals surface area contributed by atoms with Crippen molar-refractivity contribution in [3.8, 4) is 11.3 Å². The quantitative estimate of drug-likeness (QED) is 0.432. The van der Waals surface area contributed by atoms with E-state index in [1.54, 1.807) is 36.7 Å². The highest BCUT2D eigenvalue weighted by Gasteiger charge is 2.31. The minimum atomic E-state index is -4.53. The molecule has 176 valence electrons. The SMILES string of the molecule is CCN(CC)c1nc(-c2ccc(C(=O)Nc3cc(C(F)(F)F)ccn3)cc2)c2c(N)nccn12. The minimum Gasteiger partial charge on any atom is -0.382 e. The van der Waals surface area contributed by atoms with Crippen LogP contribution in [0.1, 0.15) is 29.8 Å². The number of hydrogen-bond acceptors (Lipinski definition) is 6. The second-order valence-corrected chi connectivity index (χ2v) is 7.42. The number of imidazole rings is 1. The van der Waals surface area contributed by atoms with Crippen molar-refractivity contribution >= 4 is 29.0 Å². The summed E-state index contributed by atoms with van der Waals surface area (Å²) in [7, 11) is 0. The molecule has 0 spiro atoms. The van der Waals surface area contributed by atoms with E-state index in [-0.39, 0.29) is 11.4 Å². The molecule has 4 aromatic rings. The van der Waals surface area contributed by atoms with Crippen LogP contribution in [-0.4, -0.2) is 38.3 Å². The van der Waals surface area contributed by atoms with E-state index < -0.39 is 17.6 Å². The Labute approximate surface area is 193 Å². The number of aromatic nitrogens is 4. The third-order valence-electron chi connectivity index (χ3n) is 5.36. The summed E-state index contributed by atoms with van der Waals surface area (Å²) in [5.74, 6) is 0.271. The van der Waals surface area contributed by atoms with Crippen molar-refractivity contribution < 1.29 is 18.0 Å². The summed E-state index contributed by atoms with van der Waals surface area (Å²) in [5.41, 5.74) is 7.48. The molecule has 11 heteroatoms. The molecular weight excluding hydrogens is 447 g/mol. The van der Waals surface area contributed by atoms with Gasteiger partial charge < -0.3 is 16.0 Å². The number of nitrogens with two attached hydrogens (primary N) is 1. The van der Waals surface area contributed by atoms with E-state index in [9.17, 15) is 18.0 Å². The summed E-state index contributed by atoms with van der Waals surface area (Å²) in [6.07, 6.45) is -0.134. The van der Waals surface area contributed by atoms with Crippen LogP contribution in [0.25, 0.3) is 16.8 Å². The molecule has 3 aromatic heterocycles. The average molecular weight is 469 g/mol. The number of anilines is 3. The molecule has 0 aliphatic heterocycles. The van der Waals surface area contributed by atoms with E-state index in [1.165, 1.54) is 0 Å². The maximum Gasteiger partial charge on any atom is 0.416 e. The Hall–Kier alpha value is -4.15. The summed E-state index contributed by atoms with van der Waals surface area (Å²) in [4.78, 5) is 27.4. The lowest BCUT2D eigenvalue weighted by Gasteiger charge is -2.18. The van der Waals surface area contributed by atoms with Crippen LogP contribution in [0.5, 0.6) is 0 Å². The zero-order valence-electron chi connectivity index (χ0n) is 18.5. The van der Waals surface area contributed by atoms with E-state index >= 15 is 0 Å². The van der Waals surface area contributed by atoms with E-state index in [2.05, 4.69) is 20.2 Å². The average Bonchev–Trinajstić information content (AvgIpc) is 3.20. The molecule has 3 N–H and O–H groups in total. The lowest BCUT2D eigenvalue weighted by atomic mass is 10.1. The fourth-order valence-electron chi connectivity index (χ4n) is 3.62. The fraction of sp³-hybridized carbons (Fsp3) is 0.217. The Bertz CT molecular complexity index is 1330. The first kappa shape index (κ1) is 23.0. The molecule has 0 radical (unpaired) electrons. The number of nitrogen functional groups attached to an aromatic ring is 1. The minimum absolute atomic E-state index is 0.188. The highest BCUT2D eigenvalue weighted by atomic mass is 19.4. The third kappa shape index (κ3) is 4.36. The first-order chi connectivity index (χ1) is 16.2. The number of fused-ring (bicyclic) bond motifs is 1. The lowest BCUT2D eigenvalue weighted by molar-refractivity contribution is -0.137. The number of pyridine rings is 1. The molecule has 0 unspecified atom stereocenters. The molecule has 4 rings (SSSR count). The van der Waals surface area contributed by atoms with Gasteiger partial charge in [0, 0.05) is 42.8 Å². The van der Waals surface area contributed by atoms with E-state index in [1.807, 2.05) is 18.2 Å². The molecule has 8 nitrogen and oxygen atoms in total. The van der Waals surface area contributed by atoms with Crippen LogP contribution in [0.3, 0.4) is 0 Å². The van der Waals surface area contributed by atoms with Gasteiger partial charge >= 0.3 is 6.18 Å². The number of alkyl halides is 3. The van der Waals surface area contributed by atoms with Crippen molar-refractivity contribution in [1.29, 1.82) is 0 Å². The number of amides is 1. The molecule has 0 fully saturated rings. The van der Waals surface area contributed by atoms with Crippen LogP contribution in [0.2, 0.25) is 0 Å². The normalized spacial score (nSPS) is 11.6. The zero-order chi connectivity index (χ0) is 24.5. The Morgan fingerprint density at radius 3 is 2.44 bits per heavy atom. The van der Waals surface area contributed by atoms with Crippen molar-refractivity contribution in [3.63, 3.8) is 0 Å². The fourth-order valence-corrected chi connectivity index (χ4v) is 3.62. The topological polar surface area (TPSA) is 101 Å². The van der Waals surface area contributed by atoms with Gasteiger partial charge in [-0.25, -0.2) is 15.0 Å². The first-order valence-electron chi connectivity index (χ1n) is 10.6. The number of nitrogens with zero attached hydrogens (tertiary/aromatic N) is 5. The van der Waals surface area contributed by atoms with Crippen molar-refractivity contribution in [2.24, 2.45) is 0 Å². The first-order valence-corrected chi connectivity index (χ1v) is 10.6. The van der Waals surface area contributed by atoms with Crippen molar-refractivity contribution in [1.82, 2.24) is 19.4 Å². The van der Waals surface area contributed by atoms with Crippen LogP contribution in [0, 0.1) is 0 Å². The van der Waals surface area contributed by atoms with Crippen LogP contribution in [-0.2, 0) is 6.18 Å². The third-order valence-corrected chi connectivity index (χ3v) is 5.36. The number of nitrogens with one attached hydrogen (secondary N) is 1. The molecule has 0 aliphatic rings. The predicted octanol–water partition coefficient (Wildman–Crippen LogP) is 4.49. The highest BCUT2D eigenvalue weighted by Crippen LogP contribution is 2.32. The molecule has 1 amide bonds. The molecule has 1 aromatic carbocycles. The summed E-state index contributed by atoms with van der Waals surface area (Å²) < 4.78 is 40.6. The number of rotatable bonds is 6. The molecule has 0 aliphatic carbocycles. The zero-order valence-corrected chi connectivity index (χ0v) is 18.5. The summed E-state index contributed by atoms with van der Waals surface area (Å²) in [6, 6.07) is 8.16. The van der Waals surface area contributed by atoms with Crippen molar-refractivity contribution in [2.45, 2.75) is 20.0 Å². The Morgan fingerprint density at radius 1 is 1.09 bits per heavy atom. The van der Waals surface area contributed by atoms with Gasteiger partial charge in [-0.2, -0.15) is 13.2 Å². The number of benzene rings is 1. The van der Waals surface area contributed by atoms with Gasteiger partial charge in [0.1, 0.15) is 22.8 Å². The molecule has 34 heavy (non-hydrogen) atoms. The maximum atomic E-state index is 12.9. The molecule has 0 bridgehead atoms. The predicted molar refractivity (Wildman–Crippen MR) is 124 cm³/mol. The molecule has 0 saturated heterocycles. The molecule has 0 atom stereocenters. The van der Waals surface area contributed by atoms with Gasteiger partial charge in [0.25, 0.3) is 5.91 Å². The van der Waals surface area contributed by atoms with Crippen LogP contribution < -0.4 is 16.0 Å². The number of carbonyl (C=O) groups excluding carboxylic acids is 1. The molecule has 0 saturated carbocycles. The lowest BCUT2D eigenvalue weighted by Crippen LogP contribution is -2.24. The second kappa shape index (κ2) is 9.00. The highest BCUT2D eigenvalue weighted by molar-refractivity contribution is 6.04. The molecule has 3 heterocycles. The van der Waals surface area contributed by atoms with Crippen LogP contribution in [0.15, 0.2) is 55.0 Å². The Kier molecular flexibility index (Phi) is 6.10. The van der Waals surface area contributed by atoms with Gasteiger partial charge in [0.05, 0.1) is 5.56 Å². The van der Waals surface area contributed by atoms with Gasteiger partial charge in [-0.3, -0.25) is 9.20 Å². The summed E-state index contributed by atoms with van der Waals surface area (Å²) in [5, 5.41) is 2.40. The Morgan fingerprint density at radius 2 is 1.79 bits per heavy atom. The number of halogens is 3. The van der Waals surface area contributed by atoms with Crippen molar-refractivity contribution in [2.75, 3.05) is 29.0 Å². The van der Waals surface area contributed by atoms with Gasteiger partial charge in [-0.1, -0.05) is 12.1 Å². The van der Waals surface area contributed by atoms with E-state index in [4.69, 9.17) is 10.7 Å². The van der Waals surface area contributed by atoms with Crippen LogP contribution >= 0.6 is 0 Å². The smallest absolute Gasteiger partial charge is 0.382 e. The van der Waals surface area contributed by atoms with Gasteiger partial charge in [0.15, 0.2) is 0 Å². The van der Waals surface area contributed by atoms with Gasteiger partial charge in [0.2, 0.25) is 5.95 Å². The number of carbonyl (C=O) groups is 1. The summed E-state index contributed by atoms with van der Waals surface area (Å²) >= 11 is 0. The standard InChI is InChI=1S/C23H22F3N7O/c1-3-32(4-2)22-31-18(19-20(27)29-11-12-33(19)22)14-5-7-15(8-6-14)21(34)30-17-13-16(9-10-28-17)23(24,25)26/h5-13H,3-4H2,1-2H3,(H2,27,29)(H,28,30,34). The summed E-state index contributed by atoms with van der Waals surface area (Å²) in [6.45, 7) is 5.56. The maximum absolute atomic E-state index is 12.9. The van der Waals surface area contributed by atoms with Crippen LogP contribution in [0.4, 0.5) is 30.8 Å². The van der Waals surface area contributed by atoms with Crippen molar-refractivity contribution in [3.05, 3.63) is 66.1 Å². The monoisotopic (exact) mass is 469 g/mol. The largest absolute Gasteiger partial charge is 0.416 e. The molecular formula is C23H22F3N7O. The Balaban J connectivity index is 1.64. The number of hydrogen-bond donors (Lipinski definition) is 2. The second-order valence-electron chi connectivity index (χ2n) is 7.42. The van der Waals surface area contributed by atoms with Gasteiger partial charge in [-0.15, -0.1) is 0 Å². The van der Waals surface area contributed by atoms with Gasteiger partial charge in [-0.05, 0) is 38.1 Å².